The second-order valence-corrected chi connectivity index (χ2v) is 11.1. The molecule has 0 radical (unpaired) electrons. The predicted octanol–water partition coefficient (Wildman–Crippen LogP) is 3.85. The van der Waals surface area contributed by atoms with Crippen molar-refractivity contribution in [3.8, 4) is 5.88 Å². The summed E-state index contributed by atoms with van der Waals surface area (Å²) in [6.45, 7) is 12.7. The van der Waals surface area contributed by atoms with Gasteiger partial charge in [0.05, 0.1) is 12.1 Å². The predicted molar refractivity (Wildman–Crippen MR) is 134 cm³/mol. The van der Waals surface area contributed by atoms with Crippen molar-refractivity contribution in [3.63, 3.8) is 0 Å². The molecule has 1 amide bonds. The molecular formula is C27H43N3O4. The molecule has 0 bridgehead atoms. The summed E-state index contributed by atoms with van der Waals surface area (Å²) in [5.74, 6) is 0.495. The van der Waals surface area contributed by atoms with Crippen LogP contribution in [0.5, 0.6) is 5.88 Å². The molecule has 1 aliphatic carbocycles. The Labute approximate surface area is 204 Å². The summed E-state index contributed by atoms with van der Waals surface area (Å²) in [7, 11) is 1.52. The number of carbonyl (C=O) groups is 1. The number of hydrogen-bond donors (Lipinski definition) is 3. The van der Waals surface area contributed by atoms with E-state index in [1.165, 1.54) is 19.1 Å². The van der Waals surface area contributed by atoms with E-state index < -0.39 is 18.2 Å². The number of aliphatic hydroxyl groups is 1. The van der Waals surface area contributed by atoms with Gasteiger partial charge in [-0.2, -0.15) is 0 Å². The number of ether oxygens (including phenoxy) is 2. The average molecular weight is 474 g/mol. The van der Waals surface area contributed by atoms with Crippen LogP contribution in [0.25, 0.3) is 0 Å². The van der Waals surface area contributed by atoms with Crippen molar-refractivity contribution in [2.45, 2.75) is 103 Å². The summed E-state index contributed by atoms with van der Waals surface area (Å²) < 4.78 is 11.6. The fraction of sp³-hybridized carbons (Fsp3) is 0.704. The topological polar surface area (TPSA) is 92.7 Å². The Morgan fingerprint density at radius 2 is 2.18 bits per heavy atom. The van der Waals surface area contributed by atoms with Gasteiger partial charge in [-0.3, -0.25) is 4.79 Å². The summed E-state index contributed by atoms with van der Waals surface area (Å²) in [4.78, 5) is 17.2. The Hall–Kier alpha value is -1.96. The summed E-state index contributed by atoms with van der Waals surface area (Å²) in [6.07, 6.45) is 8.41. The molecule has 0 saturated heterocycles. The molecule has 1 aromatic rings. The summed E-state index contributed by atoms with van der Waals surface area (Å²) in [5.41, 5.74) is 2.25. The van der Waals surface area contributed by atoms with Crippen LogP contribution in [0, 0.1) is 5.41 Å². The number of pyridine rings is 1. The Bertz CT molecular complexity index is 843. The molecule has 190 valence electrons. The molecule has 3 rings (SSSR count). The molecular weight excluding hydrogens is 430 g/mol. The molecule has 1 fully saturated rings. The maximum Gasteiger partial charge on any atom is 0.249 e. The van der Waals surface area contributed by atoms with E-state index in [0.717, 1.165) is 31.2 Å². The molecule has 2 aliphatic rings. The molecule has 1 aromatic heterocycles. The molecule has 7 heteroatoms. The van der Waals surface area contributed by atoms with Crippen LogP contribution in [-0.4, -0.2) is 53.5 Å². The molecule has 1 spiro atoms. The smallest absolute Gasteiger partial charge is 0.249 e. The number of nitrogens with one attached hydrogen (secondary N) is 2. The molecule has 34 heavy (non-hydrogen) atoms. The number of fused-ring (bicyclic) bond motifs is 1. The standard InChI is InChI=1S/C27H43N3O4/c1-7-10-20(30-24(32)23(8-2)33-6)22(31)17-28-21-15-27(11-9-12-27)34-25-19(21)13-18(16-29-25)14-26(3,4)5/h7,13,16,20-23,28,31H,1,8-12,14-15,17H2,2-6H3,(H,30,32)/t20-,21-,22+,23+/m0/s1. The molecule has 1 aliphatic heterocycles. The van der Waals surface area contributed by atoms with Gasteiger partial charge in [-0.25, -0.2) is 4.98 Å². The van der Waals surface area contributed by atoms with Gasteiger partial charge in [0.25, 0.3) is 0 Å². The van der Waals surface area contributed by atoms with E-state index in [1.54, 1.807) is 6.08 Å². The van der Waals surface area contributed by atoms with Gasteiger partial charge in [0, 0.05) is 37.9 Å². The minimum absolute atomic E-state index is 0.0357. The van der Waals surface area contributed by atoms with Crippen molar-refractivity contribution in [2.75, 3.05) is 13.7 Å². The van der Waals surface area contributed by atoms with Crippen LogP contribution in [0.1, 0.15) is 83.4 Å². The van der Waals surface area contributed by atoms with E-state index in [9.17, 15) is 9.90 Å². The lowest BCUT2D eigenvalue weighted by Gasteiger charge is -2.47. The first-order valence-corrected chi connectivity index (χ1v) is 12.6. The van der Waals surface area contributed by atoms with Gasteiger partial charge in [0.15, 0.2) is 0 Å². The maximum absolute atomic E-state index is 12.5. The van der Waals surface area contributed by atoms with Gasteiger partial charge < -0.3 is 25.2 Å². The highest BCUT2D eigenvalue weighted by molar-refractivity contribution is 5.81. The monoisotopic (exact) mass is 473 g/mol. The quantitative estimate of drug-likeness (QED) is 0.423. The summed E-state index contributed by atoms with van der Waals surface area (Å²) in [5, 5.41) is 17.5. The van der Waals surface area contributed by atoms with Crippen molar-refractivity contribution < 1.29 is 19.4 Å². The zero-order valence-corrected chi connectivity index (χ0v) is 21.5. The summed E-state index contributed by atoms with van der Waals surface area (Å²) in [6, 6.07) is 1.80. The first kappa shape index (κ1) is 26.6. The maximum atomic E-state index is 12.5. The summed E-state index contributed by atoms with van der Waals surface area (Å²) >= 11 is 0. The van der Waals surface area contributed by atoms with Crippen molar-refractivity contribution in [3.05, 3.63) is 36.0 Å². The van der Waals surface area contributed by atoms with Crippen LogP contribution < -0.4 is 15.4 Å². The number of nitrogens with zero attached hydrogens (tertiary/aromatic N) is 1. The van der Waals surface area contributed by atoms with E-state index in [-0.39, 0.29) is 23.0 Å². The van der Waals surface area contributed by atoms with Crippen molar-refractivity contribution >= 4 is 5.91 Å². The van der Waals surface area contributed by atoms with Crippen molar-refractivity contribution in [2.24, 2.45) is 5.41 Å². The lowest BCUT2D eigenvalue weighted by Crippen LogP contribution is -2.53. The van der Waals surface area contributed by atoms with Crippen LogP contribution in [0.15, 0.2) is 24.9 Å². The van der Waals surface area contributed by atoms with E-state index in [0.29, 0.717) is 25.3 Å². The normalized spacial score (nSPS) is 21.5. The Balaban J connectivity index is 1.73. The first-order chi connectivity index (χ1) is 16.1. The van der Waals surface area contributed by atoms with Crippen LogP contribution >= 0.6 is 0 Å². The third kappa shape index (κ3) is 6.58. The molecule has 3 N–H and O–H groups in total. The van der Waals surface area contributed by atoms with Gasteiger partial charge in [-0.15, -0.1) is 6.58 Å². The Morgan fingerprint density at radius 1 is 1.44 bits per heavy atom. The van der Waals surface area contributed by atoms with Crippen molar-refractivity contribution in [1.82, 2.24) is 15.6 Å². The highest BCUT2D eigenvalue weighted by atomic mass is 16.5. The number of rotatable bonds is 11. The van der Waals surface area contributed by atoms with E-state index in [4.69, 9.17) is 14.5 Å². The Kier molecular flexibility index (Phi) is 8.77. The van der Waals surface area contributed by atoms with Crippen LogP contribution in [0.3, 0.4) is 0 Å². The van der Waals surface area contributed by atoms with E-state index in [2.05, 4.69) is 44.1 Å². The van der Waals surface area contributed by atoms with Gasteiger partial charge in [-0.1, -0.05) is 33.8 Å². The van der Waals surface area contributed by atoms with Crippen LogP contribution in [0.2, 0.25) is 0 Å². The third-order valence-corrected chi connectivity index (χ3v) is 6.93. The number of methoxy groups -OCH3 is 1. The van der Waals surface area contributed by atoms with Crippen LogP contribution in [0.4, 0.5) is 0 Å². The zero-order valence-electron chi connectivity index (χ0n) is 21.5. The lowest BCUT2D eigenvalue weighted by molar-refractivity contribution is -0.132. The SMILES string of the molecule is C=CC[C@H](NC(=O)[C@@H](CC)OC)[C@H](O)CN[C@H]1CC2(CCC2)Oc2ncc(CC(C)(C)C)cc21. The Morgan fingerprint density at radius 3 is 2.74 bits per heavy atom. The lowest BCUT2D eigenvalue weighted by atomic mass is 9.73. The molecule has 7 nitrogen and oxygen atoms in total. The number of amides is 1. The van der Waals surface area contributed by atoms with E-state index >= 15 is 0 Å². The minimum Gasteiger partial charge on any atom is -0.471 e. The second kappa shape index (κ2) is 11.2. The molecule has 1 saturated carbocycles. The fourth-order valence-electron chi connectivity index (χ4n) is 4.98. The molecule has 2 heterocycles. The van der Waals surface area contributed by atoms with Gasteiger partial charge in [0.2, 0.25) is 11.8 Å². The van der Waals surface area contributed by atoms with Gasteiger partial charge >= 0.3 is 0 Å². The fourth-order valence-corrected chi connectivity index (χ4v) is 4.98. The van der Waals surface area contributed by atoms with Crippen molar-refractivity contribution in [1.29, 1.82) is 0 Å². The highest BCUT2D eigenvalue weighted by Gasteiger charge is 2.46. The zero-order chi connectivity index (χ0) is 24.9. The molecule has 0 aromatic carbocycles. The number of aliphatic hydroxyl groups excluding tert-OH is 1. The average Bonchev–Trinajstić information content (AvgIpc) is 2.75. The second-order valence-electron chi connectivity index (χ2n) is 11.1. The number of hydrogen-bond acceptors (Lipinski definition) is 6. The van der Waals surface area contributed by atoms with Crippen LogP contribution in [-0.2, 0) is 16.0 Å². The minimum atomic E-state index is -0.773. The molecule has 0 unspecified atom stereocenters. The highest BCUT2D eigenvalue weighted by Crippen LogP contribution is 2.48. The number of carbonyl (C=O) groups excluding carboxylic acids is 1. The largest absolute Gasteiger partial charge is 0.471 e. The number of aromatic nitrogens is 1. The first-order valence-electron chi connectivity index (χ1n) is 12.6. The van der Waals surface area contributed by atoms with Gasteiger partial charge in [-0.05, 0) is 55.6 Å². The third-order valence-electron chi connectivity index (χ3n) is 6.93. The molecule has 4 atom stereocenters. The van der Waals surface area contributed by atoms with Gasteiger partial charge in [0.1, 0.15) is 11.7 Å². The van der Waals surface area contributed by atoms with E-state index in [1.807, 2.05) is 13.1 Å².